The van der Waals surface area contributed by atoms with E-state index in [9.17, 15) is 9.59 Å². The van der Waals surface area contributed by atoms with Gasteiger partial charge in [-0.3, -0.25) is 9.59 Å². The lowest BCUT2D eigenvalue weighted by molar-refractivity contribution is 0.0990. The van der Waals surface area contributed by atoms with Gasteiger partial charge in [0.05, 0.1) is 5.57 Å². The van der Waals surface area contributed by atoms with Crippen LogP contribution >= 0.6 is 11.6 Å². The molecule has 2 heterocycles. The number of imidazole rings is 1. The molecule has 0 saturated carbocycles. The Balaban J connectivity index is 1.55. The van der Waals surface area contributed by atoms with E-state index in [1.54, 1.807) is 18.2 Å². The van der Waals surface area contributed by atoms with E-state index in [1.807, 2.05) is 48.9 Å². The monoisotopic (exact) mass is 416 g/mol. The smallest absolute Gasteiger partial charge is 0.245 e. The Morgan fingerprint density at radius 3 is 2.43 bits per heavy atom. The highest BCUT2D eigenvalue weighted by Crippen LogP contribution is 2.33. The average Bonchev–Trinajstić information content (AvgIpc) is 3.36. The van der Waals surface area contributed by atoms with E-state index in [1.165, 1.54) is 6.08 Å². The molecule has 30 heavy (non-hydrogen) atoms. The molecule has 1 aliphatic carbocycles. The molecule has 1 aliphatic rings. The molecule has 0 amide bonds. The van der Waals surface area contributed by atoms with E-state index in [2.05, 4.69) is 4.98 Å². The molecule has 0 aliphatic heterocycles. The van der Waals surface area contributed by atoms with Crippen molar-refractivity contribution in [1.29, 1.82) is 0 Å². The third kappa shape index (κ3) is 2.74. The van der Waals surface area contributed by atoms with E-state index < -0.39 is 0 Å². The highest BCUT2D eigenvalue weighted by atomic mass is 35.5. The predicted molar refractivity (Wildman–Crippen MR) is 116 cm³/mol. The number of carbonyl (C=O) groups is 2. The van der Waals surface area contributed by atoms with Crippen LogP contribution in [0.25, 0.3) is 28.7 Å². The molecule has 0 atom stereocenters. The highest BCUT2D eigenvalue weighted by Gasteiger charge is 2.34. The minimum atomic E-state index is -0.335. The molecule has 0 unspecified atom stereocenters. The predicted octanol–water partition coefficient (Wildman–Crippen LogP) is 5.51. The third-order valence-electron chi connectivity index (χ3n) is 5.46. The fraction of sp³-hybridized carbons (Fsp3) is 0.125. The zero-order valence-corrected chi connectivity index (χ0v) is 17.2. The molecule has 0 radical (unpaired) electrons. The van der Waals surface area contributed by atoms with Crippen LogP contribution in [0.5, 0.6) is 0 Å². The number of rotatable bonds is 3. The minimum Gasteiger partial charge on any atom is -0.437 e. The first-order valence-electron chi connectivity index (χ1n) is 9.63. The van der Waals surface area contributed by atoms with Gasteiger partial charge < -0.3 is 8.98 Å². The fourth-order valence-corrected chi connectivity index (χ4v) is 4.14. The van der Waals surface area contributed by atoms with Crippen LogP contribution in [0.1, 0.15) is 39.0 Å². The summed E-state index contributed by atoms with van der Waals surface area (Å²) in [6.45, 7) is 1.96. The Hall–Kier alpha value is -3.44. The zero-order chi connectivity index (χ0) is 21.0. The summed E-state index contributed by atoms with van der Waals surface area (Å²) < 4.78 is 7.77. The third-order valence-corrected chi connectivity index (χ3v) is 5.82. The lowest BCUT2D eigenvalue weighted by Gasteiger charge is -2.03. The first kappa shape index (κ1) is 18.6. The summed E-state index contributed by atoms with van der Waals surface area (Å²) in [6.07, 6.45) is 2.18. The standard InChI is InChI=1S/C24H17ClN2O3/c1-3-13-9-16-17(12-19(13)25)22(29)18(21(16)28)10-15-11-20-24(30-15)26-23(27(20)2)14-7-5-4-6-8-14/h4-12H,3H2,1-2H3/b18-10+. The maximum atomic E-state index is 12.9. The molecule has 0 bridgehead atoms. The topological polar surface area (TPSA) is 65.1 Å². The number of fused-ring (bicyclic) bond motifs is 2. The van der Waals surface area contributed by atoms with Crippen molar-refractivity contribution in [3.05, 3.63) is 81.6 Å². The van der Waals surface area contributed by atoms with Crippen LogP contribution in [-0.2, 0) is 13.5 Å². The summed E-state index contributed by atoms with van der Waals surface area (Å²) in [4.78, 5) is 30.2. The Morgan fingerprint density at radius 1 is 1.07 bits per heavy atom. The van der Waals surface area contributed by atoms with Gasteiger partial charge in [-0.2, -0.15) is 4.98 Å². The molecular weight excluding hydrogens is 400 g/mol. The number of nitrogens with zero attached hydrogens (tertiary/aromatic N) is 2. The normalized spacial score (nSPS) is 14.8. The largest absolute Gasteiger partial charge is 0.437 e. The van der Waals surface area contributed by atoms with Crippen LogP contribution in [0, 0.1) is 0 Å². The zero-order valence-electron chi connectivity index (χ0n) is 16.4. The highest BCUT2D eigenvalue weighted by molar-refractivity contribution is 6.42. The molecule has 148 valence electrons. The Kier molecular flexibility index (Phi) is 4.22. The number of Topliss-reactive ketones (excluding diaryl/α,β-unsaturated/α-hetero) is 2. The van der Waals surface area contributed by atoms with Crippen molar-refractivity contribution in [2.24, 2.45) is 7.05 Å². The Labute approximate surface area is 177 Å². The second-order valence-electron chi connectivity index (χ2n) is 7.26. The molecule has 4 aromatic rings. The summed E-state index contributed by atoms with van der Waals surface area (Å²) in [5.41, 5.74) is 3.88. The molecule has 0 N–H and O–H groups in total. The lowest BCUT2D eigenvalue weighted by atomic mass is 10.0. The van der Waals surface area contributed by atoms with Crippen LogP contribution in [0.2, 0.25) is 5.02 Å². The molecule has 5 rings (SSSR count). The number of hydrogen-bond acceptors (Lipinski definition) is 4. The number of hydrogen-bond donors (Lipinski definition) is 0. The van der Waals surface area contributed by atoms with Crippen molar-refractivity contribution in [1.82, 2.24) is 9.55 Å². The van der Waals surface area contributed by atoms with Crippen LogP contribution in [0.3, 0.4) is 0 Å². The van der Waals surface area contributed by atoms with Gasteiger partial charge in [-0.05, 0) is 30.2 Å². The van der Waals surface area contributed by atoms with Crippen molar-refractivity contribution in [3.63, 3.8) is 0 Å². The number of benzene rings is 2. The van der Waals surface area contributed by atoms with Gasteiger partial charge in [0, 0.05) is 34.8 Å². The van der Waals surface area contributed by atoms with E-state index in [-0.39, 0.29) is 17.1 Å². The van der Waals surface area contributed by atoms with Gasteiger partial charge in [0.25, 0.3) is 0 Å². The van der Waals surface area contributed by atoms with Gasteiger partial charge >= 0.3 is 0 Å². The number of ketones is 2. The fourth-order valence-electron chi connectivity index (χ4n) is 3.84. The van der Waals surface area contributed by atoms with Crippen molar-refractivity contribution in [2.45, 2.75) is 13.3 Å². The SMILES string of the molecule is CCc1cc2c(cc1Cl)C(=O)/C(=C/c1cc3c(nc(-c4ccccc4)n3C)o1)C2=O. The lowest BCUT2D eigenvalue weighted by Crippen LogP contribution is -2.00. The summed E-state index contributed by atoms with van der Waals surface area (Å²) in [6, 6.07) is 14.9. The van der Waals surface area contributed by atoms with Crippen molar-refractivity contribution in [2.75, 3.05) is 0 Å². The minimum absolute atomic E-state index is 0.0802. The average molecular weight is 417 g/mol. The van der Waals surface area contributed by atoms with Gasteiger partial charge in [0.15, 0.2) is 11.6 Å². The van der Waals surface area contributed by atoms with Crippen LogP contribution < -0.4 is 0 Å². The summed E-state index contributed by atoms with van der Waals surface area (Å²) in [5.74, 6) is 0.553. The Morgan fingerprint density at radius 2 is 1.77 bits per heavy atom. The molecular formula is C24H17ClN2O3. The Bertz CT molecular complexity index is 1380. The number of aromatic nitrogens is 2. The molecule has 2 aromatic carbocycles. The quantitative estimate of drug-likeness (QED) is 0.326. The van der Waals surface area contributed by atoms with Crippen molar-refractivity contribution < 1.29 is 14.0 Å². The number of allylic oxidation sites excluding steroid dienone is 1. The number of furan rings is 1. The van der Waals surface area contributed by atoms with E-state index >= 15 is 0 Å². The van der Waals surface area contributed by atoms with Crippen molar-refractivity contribution in [3.8, 4) is 11.4 Å². The summed E-state index contributed by atoms with van der Waals surface area (Å²) in [5, 5.41) is 0.500. The van der Waals surface area contributed by atoms with Crippen molar-refractivity contribution >= 4 is 40.5 Å². The van der Waals surface area contributed by atoms with Gasteiger partial charge in [-0.1, -0.05) is 48.9 Å². The molecule has 5 nitrogen and oxygen atoms in total. The van der Waals surface area contributed by atoms with Crippen LogP contribution in [0.4, 0.5) is 0 Å². The molecule has 0 spiro atoms. The number of carbonyl (C=O) groups excluding carboxylic acids is 2. The van der Waals surface area contributed by atoms with Gasteiger partial charge in [0.1, 0.15) is 17.1 Å². The van der Waals surface area contributed by atoms with Gasteiger partial charge in [-0.15, -0.1) is 0 Å². The number of halogens is 1. The van der Waals surface area contributed by atoms with E-state index in [4.69, 9.17) is 16.0 Å². The second kappa shape index (κ2) is 6.82. The maximum Gasteiger partial charge on any atom is 0.245 e. The maximum absolute atomic E-state index is 12.9. The summed E-state index contributed by atoms with van der Waals surface area (Å²) >= 11 is 6.24. The molecule has 6 heteroatoms. The molecule has 0 fully saturated rings. The van der Waals surface area contributed by atoms with Crippen LogP contribution in [-0.4, -0.2) is 21.1 Å². The second-order valence-corrected chi connectivity index (χ2v) is 7.67. The van der Waals surface area contributed by atoms with Crippen LogP contribution in [0.15, 0.2) is 58.5 Å². The molecule has 0 saturated heterocycles. The van der Waals surface area contributed by atoms with Gasteiger partial charge in [0.2, 0.25) is 5.71 Å². The first-order chi connectivity index (χ1) is 14.5. The van der Waals surface area contributed by atoms with E-state index in [0.717, 1.165) is 22.5 Å². The van der Waals surface area contributed by atoms with Gasteiger partial charge in [-0.25, -0.2) is 0 Å². The van der Waals surface area contributed by atoms with E-state index in [0.29, 0.717) is 34.0 Å². The molecule has 2 aromatic heterocycles. The number of aryl methyl sites for hydroxylation is 2. The summed E-state index contributed by atoms with van der Waals surface area (Å²) in [7, 11) is 1.90. The first-order valence-corrected chi connectivity index (χ1v) is 10.0.